The molecule has 306 valence electrons. The van der Waals surface area contributed by atoms with Crippen molar-refractivity contribution in [3.63, 3.8) is 0 Å². The van der Waals surface area contributed by atoms with Gasteiger partial charge in [0, 0.05) is 57.7 Å². The van der Waals surface area contributed by atoms with Gasteiger partial charge in [0.25, 0.3) is 11.4 Å². The number of Topliss-reactive ketones (excluding diaryl/α,β-unsaturated/α-hetero) is 2. The van der Waals surface area contributed by atoms with Crippen LogP contribution < -0.4 is 0 Å². The van der Waals surface area contributed by atoms with Crippen molar-refractivity contribution in [3.8, 4) is 0 Å². The predicted octanol–water partition coefficient (Wildman–Crippen LogP) is 13.1. The van der Waals surface area contributed by atoms with Crippen LogP contribution in [-0.2, 0) is 9.59 Å². The molecule has 0 unspecified atom stereocenters. The van der Waals surface area contributed by atoms with Crippen LogP contribution in [0.2, 0.25) is 0 Å². The van der Waals surface area contributed by atoms with Gasteiger partial charge < -0.3 is 4.42 Å². The van der Waals surface area contributed by atoms with Crippen LogP contribution in [0, 0.1) is 41.9 Å². The topological polar surface area (TPSA) is 183 Å². The number of nitrogens with zero attached hydrogens (tertiary/aromatic N) is 6. The summed E-state index contributed by atoms with van der Waals surface area (Å²) in [6.07, 6.45) is 7.17. The molecule has 0 bridgehead atoms. The maximum atomic E-state index is 13.9. The Morgan fingerprint density at radius 1 is 0.475 bits per heavy atom. The number of hydrogen-bond donors (Lipinski definition) is 0. The Labute approximate surface area is 344 Å². The fourth-order valence-corrected chi connectivity index (χ4v) is 6.35. The van der Waals surface area contributed by atoms with E-state index in [0.29, 0.717) is 44.8 Å². The predicted molar refractivity (Wildman–Crippen MR) is 228 cm³/mol. The molecule has 13 nitrogen and oxygen atoms in total. The summed E-state index contributed by atoms with van der Waals surface area (Å²) in [5, 5.41) is 40.9. The lowest BCUT2D eigenvalue weighted by Gasteiger charge is -2.31. The summed E-state index contributed by atoms with van der Waals surface area (Å²) in [5.74, 6) is 0.377. The second-order valence-electron chi connectivity index (χ2n) is 18.6. The molecule has 2 aliphatic carbocycles. The molecule has 13 heteroatoms. The molecule has 1 heterocycles. The molecule has 2 aromatic carbocycles. The van der Waals surface area contributed by atoms with E-state index in [1.807, 2.05) is 83.1 Å². The molecule has 0 amide bonds. The zero-order chi connectivity index (χ0) is 43.8. The van der Waals surface area contributed by atoms with Crippen molar-refractivity contribution in [2.24, 2.45) is 42.1 Å². The highest BCUT2D eigenvalue weighted by Crippen LogP contribution is 2.44. The Hall–Kier alpha value is -6.50. The van der Waals surface area contributed by atoms with E-state index in [2.05, 4.69) is 20.5 Å². The van der Waals surface area contributed by atoms with E-state index in [0.717, 1.165) is 0 Å². The SMILES string of the molecule is CC(C)(C)C1=CC(=C(/N=N/c2ccc([N+](=O)[O-])cc2)c2ccc(C(/N=N/c3ccc([N+](=O)[O-])cc3)=C3C=C(C(C)(C)C)C(=O)C(C(C)(C)C)=C3)o2)C=C(C(C)(C)C)C1=O. The summed E-state index contributed by atoms with van der Waals surface area (Å²) in [6.45, 7) is 23.6. The lowest BCUT2D eigenvalue weighted by Crippen LogP contribution is -2.28. The smallest absolute Gasteiger partial charge is 0.269 e. The third-order valence-electron chi connectivity index (χ3n) is 9.68. The number of ketones is 2. The van der Waals surface area contributed by atoms with Crippen molar-refractivity contribution in [2.45, 2.75) is 83.1 Å². The third-order valence-corrected chi connectivity index (χ3v) is 9.68. The summed E-state index contributed by atoms with van der Waals surface area (Å²) in [7, 11) is 0. The first-order valence-corrected chi connectivity index (χ1v) is 19.2. The molecular weight excluding hydrogens is 749 g/mol. The van der Waals surface area contributed by atoms with Crippen LogP contribution in [0.25, 0.3) is 11.4 Å². The van der Waals surface area contributed by atoms with Crippen LogP contribution in [0.3, 0.4) is 0 Å². The lowest BCUT2D eigenvalue weighted by atomic mass is 9.71. The van der Waals surface area contributed by atoms with Gasteiger partial charge in [0.2, 0.25) is 0 Å². The number of hydrogen-bond acceptors (Lipinski definition) is 11. The average Bonchev–Trinajstić information content (AvgIpc) is 3.60. The number of carbonyl (C=O) groups excluding carboxylic acids is 2. The minimum Gasteiger partial charge on any atom is -0.453 e. The van der Waals surface area contributed by atoms with E-state index >= 15 is 0 Å². The number of nitro benzene ring substituents is 2. The molecule has 1 aromatic heterocycles. The van der Waals surface area contributed by atoms with E-state index in [9.17, 15) is 29.8 Å². The molecule has 3 aromatic rings. The number of allylic oxidation sites excluding steroid dienone is 10. The average molecular weight is 799 g/mol. The first-order chi connectivity index (χ1) is 27.3. The Kier molecular flexibility index (Phi) is 11.9. The minimum absolute atomic E-state index is 0.0751. The molecule has 2 aliphatic rings. The van der Waals surface area contributed by atoms with Gasteiger partial charge in [-0.25, -0.2) is 0 Å². The maximum absolute atomic E-state index is 13.9. The van der Waals surface area contributed by atoms with Crippen LogP contribution in [0.15, 0.2) is 143 Å². The van der Waals surface area contributed by atoms with Crippen molar-refractivity contribution < 1.29 is 23.9 Å². The highest BCUT2D eigenvalue weighted by molar-refractivity contribution is 6.13. The van der Waals surface area contributed by atoms with Gasteiger partial charge in [0.1, 0.15) is 11.4 Å². The normalized spacial score (nSPS) is 15.7. The van der Waals surface area contributed by atoms with Gasteiger partial charge >= 0.3 is 0 Å². The van der Waals surface area contributed by atoms with E-state index in [4.69, 9.17) is 4.42 Å². The number of azo groups is 2. The van der Waals surface area contributed by atoms with Gasteiger partial charge in [-0.2, -0.15) is 10.2 Å². The molecule has 0 aliphatic heterocycles. The zero-order valence-corrected chi connectivity index (χ0v) is 35.6. The minimum atomic E-state index is -0.537. The quantitative estimate of drug-likeness (QED) is 0.123. The van der Waals surface area contributed by atoms with Gasteiger partial charge in [0.15, 0.2) is 23.1 Å². The second-order valence-corrected chi connectivity index (χ2v) is 18.6. The molecule has 59 heavy (non-hydrogen) atoms. The largest absolute Gasteiger partial charge is 0.453 e. The number of rotatable bonds is 8. The molecule has 0 atom stereocenters. The number of non-ortho nitro benzene ring substituents is 2. The molecule has 0 spiro atoms. The fourth-order valence-electron chi connectivity index (χ4n) is 6.35. The summed E-state index contributed by atoms with van der Waals surface area (Å²) in [4.78, 5) is 49.5. The molecule has 0 radical (unpaired) electrons. The fraction of sp³-hybridized carbons (Fsp3) is 0.348. The van der Waals surface area contributed by atoms with E-state index in [-0.39, 0.29) is 45.9 Å². The van der Waals surface area contributed by atoms with E-state index in [1.54, 1.807) is 36.4 Å². The second kappa shape index (κ2) is 16.0. The van der Waals surface area contributed by atoms with Crippen molar-refractivity contribution in [3.05, 3.63) is 150 Å². The Morgan fingerprint density at radius 2 is 0.746 bits per heavy atom. The number of benzene rings is 2. The third kappa shape index (κ3) is 9.97. The highest BCUT2D eigenvalue weighted by atomic mass is 16.6. The number of carbonyl (C=O) groups is 2. The van der Waals surface area contributed by atoms with Gasteiger partial charge in [-0.3, -0.25) is 29.8 Å². The first kappa shape index (κ1) is 43.6. The Balaban J connectivity index is 1.81. The summed E-state index contributed by atoms with van der Waals surface area (Å²) in [6, 6.07) is 14.7. The molecular formula is C46H50N6O7. The Bertz CT molecular complexity index is 2230. The van der Waals surface area contributed by atoms with Crippen LogP contribution in [0.1, 0.15) is 94.6 Å². The van der Waals surface area contributed by atoms with Crippen molar-refractivity contribution >= 4 is 45.7 Å². The van der Waals surface area contributed by atoms with Crippen LogP contribution in [0.4, 0.5) is 22.7 Å². The molecule has 0 saturated heterocycles. The van der Waals surface area contributed by atoms with Crippen molar-refractivity contribution in [1.82, 2.24) is 0 Å². The monoisotopic (exact) mass is 798 g/mol. The van der Waals surface area contributed by atoms with Crippen molar-refractivity contribution in [1.29, 1.82) is 0 Å². The Morgan fingerprint density at radius 3 is 0.983 bits per heavy atom. The summed E-state index contributed by atoms with van der Waals surface area (Å²) >= 11 is 0. The van der Waals surface area contributed by atoms with Crippen molar-refractivity contribution in [2.75, 3.05) is 0 Å². The van der Waals surface area contributed by atoms with Crippen LogP contribution in [0.5, 0.6) is 0 Å². The van der Waals surface area contributed by atoms with Gasteiger partial charge in [-0.1, -0.05) is 83.1 Å². The lowest BCUT2D eigenvalue weighted by molar-refractivity contribution is -0.385. The maximum Gasteiger partial charge on any atom is 0.269 e. The van der Waals surface area contributed by atoms with E-state index in [1.165, 1.54) is 48.5 Å². The van der Waals surface area contributed by atoms with E-state index < -0.39 is 31.5 Å². The van der Waals surface area contributed by atoms with Gasteiger partial charge in [-0.15, -0.1) is 10.2 Å². The van der Waals surface area contributed by atoms with Crippen LogP contribution >= 0.6 is 0 Å². The zero-order valence-electron chi connectivity index (χ0n) is 35.6. The summed E-state index contributed by atoms with van der Waals surface area (Å²) < 4.78 is 6.64. The highest BCUT2D eigenvalue weighted by Gasteiger charge is 2.37. The number of nitro groups is 2. The molecule has 0 N–H and O–H groups in total. The summed E-state index contributed by atoms with van der Waals surface area (Å²) in [5.41, 5.74) is 2.29. The van der Waals surface area contributed by atoms with Gasteiger partial charge in [0.05, 0.1) is 21.2 Å². The van der Waals surface area contributed by atoms with Crippen LogP contribution in [-0.4, -0.2) is 21.4 Å². The molecule has 5 rings (SSSR count). The van der Waals surface area contributed by atoms with Gasteiger partial charge in [-0.05, 0) is 82.4 Å². The molecule has 0 fully saturated rings. The first-order valence-electron chi connectivity index (χ1n) is 19.2. The molecule has 0 saturated carbocycles. The standard InChI is InChI=1S/C46H50N6O7/c1-43(2,3)33-23-27(24-34(41(33)53)44(4,5)6)39(49-47-29-13-17-31(18-14-29)51(55)56)37-21-22-38(59-37)40(50-48-30-15-19-32(20-16-30)52(57)58)28-25-35(45(7,8)9)42(54)36(26-28)46(10,11)12/h13-26H,1-12H3/b49-47+,50-48+. The number of furan rings is 1.